The van der Waals surface area contributed by atoms with Gasteiger partial charge in [-0.2, -0.15) is 0 Å². The van der Waals surface area contributed by atoms with E-state index in [0.717, 1.165) is 42.7 Å². The number of hydrogen-bond acceptors (Lipinski definition) is 5. The first-order valence-electron chi connectivity index (χ1n) is 20.3. The fraction of sp³-hybridized carbons (Fsp3) is 0.674. The molecule has 0 fully saturated rings. The summed E-state index contributed by atoms with van der Waals surface area (Å²) < 4.78 is 34.8. The maximum Gasteiger partial charge on any atom is 0.261 e. The van der Waals surface area contributed by atoms with E-state index in [1.54, 1.807) is 0 Å². The highest BCUT2D eigenvalue weighted by Gasteiger charge is 2.51. The van der Waals surface area contributed by atoms with E-state index in [4.69, 9.17) is 22.8 Å². The van der Waals surface area contributed by atoms with Crippen molar-refractivity contribution < 1.29 is 22.8 Å². The first-order valence-corrected chi connectivity index (χ1v) is 28.5. The predicted octanol–water partition coefficient (Wildman–Crippen LogP) is 11.7. The Morgan fingerprint density at radius 1 is 0.654 bits per heavy atom. The molecule has 9 heteroatoms. The summed E-state index contributed by atoms with van der Waals surface area (Å²) in [6.45, 7) is 29.9. The summed E-state index contributed by atoms with van der Waals surface area (Å²) in [7, 11) is -6.63. The van der Waals surface area contributed by atoms with Crippen LogP contribution in [-0.2, 0) is 22.8 Å². The molecule has 0 saturated heterocycles. The van der Waals surface area contributed by atoms with Crippen molar-refractivity contribution in [2.24, 2.45) is 0 Å². The average molecular weight is 883 g/mol. The zero-order valence-corrected chi connectivity index (χ0v) is 40.3. The van der Waals surface area contributed by atoms with Crippen molar-refractivity contribution in [2.75, 3.05) is 6.61 Å². The zero-order valence-electron chi connectivity index (χ0n) is 35.2. The third-order valence-electron chi connectivity index (χ3n) is 10.9. The Kier molecular flexibility index (Phi) is 20.8. The van der Waals surface area contributed by atoms with Crippen LogP contribution in [0.3, 0.4) is 0 Å². The van der Waals surface area contributed by atoms with Gasteiger partial charge in [0.2, 0.25) is 0 Å². The molecular weight excluding hydrogens is 808 g/mol. The quantitative estimate of drug-likeness (QED) is 0.0327. The molecule has 0 aliphatic carbocycles. The van der Waals surface area contributed by atoms with E-state index in [1.165, 1.54) is 10.4 Å². The van der Waals surface area contributed by atoms with Crippen LogP contribution in [0.25, 0.3) is 0 Å². The van der Waals surface area contributed by atoms with Crippen LogP contribution in [-0.4, -0.2) is 66.2 Å². The SMILES string of the molecule is CC[Si](CC)(CC)O[C@H](/C=C\CC(OC(C)C)OC(C)C)C[C@@H](O[Si](CC)(CC)CC)[C@H](I)CO[Si](c1ccccc1)(c1ccccc1)C(C)(C)C. The Morgan fingerprint density at radius 2 is 1.08 bits per heavy atom. The van der Waals surface area contributed by atoms with Gasteiger partial charge in [-0.05, 0) is 79.4 Å². The highest BCUT2D eigenvalue weighted by atomic mass is 127. The summed E-state index contributed by atoms with van der Waals surface area (Å²) in [4.78, 5) is 0. The number of rotatable bonds is 25. The van der Waals surface area contributed by atoms with Crippen LogP contribution in [0.5, 0.6) is 0 Å². The molecule has 0 radical (unpaired) electrons. The lowest BCUT2D eigenvalue weighted by molar-refractivity contribution is -0.178. The molecule has 296 valence electrons. The molecule has 2 aromatic rings. The largest absolute Gasteiger partial charge is 0.413 e. The van der Waals surface area contributed by atoms with Crippen LogP contribution in [0.15, 0.2) is 72.8 Å². The molecule has 0 spiro atoms. The van der Waals surface area contributed by atoms with Crippen LogP contribution >= 0.6 is 22.6 Å². The molecule has 0 unspecified atom stereocenters. The maximum absolute atomic E-state index is 7.54. The number of hydrogen-bond donors (Lipinski definition) is 0. The summed E-state index contributed by atoms with van der Waals surface area (Å²) in [5.41, 5.74) is 0. The fourth-order valence-electron chi connectivity index (χ4n) is 7.47. The Bertz CT molecular complexity index is 1200. The van der Waals surface area contributed by atoms with Crippen molar-refractivity contribution in [2.45, 2.75) is 179 Å². The van der Waals surface area contributed by atoms with Crippen LogP contribution in [0.4, 0.5) is 0 Å². The number of benzene rings is 2. The summed E-state index contributed by atoms with van der Waals surface area (Å²) >= 11 is 2.66. The van der Waals surface area contributed by atoms with Crippen LogP contribution in [0, 0.1) is 0 Å². The molecule has 0 N–H and O–H groups in total. The minimum absolute atomic E-state index is 0.00752. The van der Waals surface area contributed by atoms with Gasteiger partial charge in [-0.1, -0.05) is 158 Å². The van der Waals surface area contributed by atoms with E-state index in [2.05, 4.69) is 185 Å². The molecule has 0 amide bonds. The van der Waals surface area contributed by atoms with Gasteiger partial charge in [0.05, 0.1) is 28.3 Å². The summed E-state index contributed by atoms with van der Waals surface area (Å²) in [5, 5.41) is 2.53. The van der Waals surface area contributed by atoms with Crippen molar-refractivity contribution in [3.05, 3.63) is 72.8 Å². The zero-order chi connectivity index (χ0) is 39.0. The summed E-state index contributed by atoms with van der Waals surface area (Å²) in [6.07, 6.45) is 5.86. The Hall–Kier alpha value is -0.639. The van der Waals surface area contributed by atoms with Crippen molar-refractivity contribution in [3.63, 3.8) is 0 Å². The van der Waals surface area contributed by atoms with Gasteiger partial charge in [0.25, 0.3) is 8.32 Å². The summed E-state index contributed by atoms with van der Waals surface area (Å²) in [6, 6.07) is 28.6. The van der Waals surface area contributed by atoms with Crippen molar-refractivity contribution in [1.82, 2.24) is 0 Å². The molecule has 0 saturated carbocycles. The van der Waals surface area contributed by atoms with Crippen LogP contribution in [0.1, 0.15) is 103 Å². The second-order valence-electron chi connectivity index (χ2n) is 16.0. The van der Waals surface area contributed by atoms with Gasteiger partial charge in [-0.15, -0.1) is 0 Å². The monoisotopic (exact) mass is 882 g/mol. The van der Waals surface area contributed by atoms with E-state index < -0.39 is 25.0 Å². The standard InChI is InChI=1S/C43H75IO5Si3/c1-14-50(15-2,16-3)48-37(27-26-32-42(46-35(7)8)47-36(9)10)33-41(49-51(17-4,18-5)19-6)40(44)34-45-52(43(11,12)13,38-28-22-20-23-29-38)39-30-24-21-25-31-39/h20-31,35-37,40-42H,14-19,32-34H2,1-13H3/b27-26-/t37-,40-,41-/m1/s1. The van der Waals surface area contributed by atoms with E-state index >= 15 is 0 Å². The van der Waals surface area contributed by atoms with Crippen molar-refractivity contribution in [3.8, 4) is 0 Å². The Balaban J connectivity index is 2.62. The van der Waals surface area contributed by atoms with Gasteiger partial charge in [0.15, 0.2) is 22.9 Å². The van der Waals surface area contributed by atoms with Crippen LogP contribution in [0.2, 0.25) is 41.3 Å². The molecule has 2 rings (SSSR count). The molecular formula is C43H75IO5Si3. The molecule has 3 atom stereocenters. The Labute approximate surface area is 336 Å². The lowest BCUT2D eigenvalue weighted by Crippen LogP contribution is -2.67. The lowest BCUT2D eigenvalue weighted by atomic mass is 10.1. The molecule has 2 aromatic carbocycles. The maximum atomic E-state index is 7.54. The topological polar surface area (TPSA) is 46.2 Å². The minimum Gasteiger partial charge on any atom is -0.413 e. The number of alkyl halides is 1. The average Bonchev–Trinajstić information content (AvgIpc) is 3.12. The van der Waals surface area contributed by atoms with Gasteiger partial charge in [-0.3, -0.25) is 0 Å². The van der Waals surface area contributed by atoms with E-state index in [0.29, 0.717) is 13.0 Å². The third-order valence-corrected chi connectivity index (χ3v) is 26.4. The highest BCUT2D eigenvalue weighted by molar-refractivity contribution is 14.1. The second kappa shape index (κ2) is 22.8. The second-order valence-corrected chi connectivity index (χ2v) is 31.3. The van der Waals surface area contributed by atoms with E-state index in [9.17, 15) is 0 Å². The normalized spacial score (nSPS) is 15.2. The first-order chi connectivity index (χ1) is 24.6. The van der Waals surface area contributed by atoms with E-state index in [1.807, 2.05) is 0 Å². The minimum atomic E-state index is -2.71. The van der Waals surface area contributed by atoms with Gasteiger partial charge in [0, 0.05) is 19.4 Å². The number of ether oxygens (including phenoxy) is 2. The predicted molar refractivity (Wildman–Crippen MR) is 240 cm³/mol. The smallest absolute Gasteiger partial charge is 0.261 e. The third kappa shape index (κ3) is 13.5. The molecule has 52 heavy (non-hydrogen) atoms. The highest BCUT2D eigenvalue weighted by Crippen LogP contribution is 2.38. The molecule has 0 aliphatic heterocycles. The lowest BCUT2D eigenvalue weighted by Gasteiger charge is -2.44. The molecule has 0 heterocycles. The van der Waals surface area contributed by atoms with Gasteiger partial charge >= 0.3 is 0 Å². The van der Waals surface area contributed by atoms with Gasteiger partial charge in [-0.25, -0.2) is 0 Å². The van der Waals surface area contributed by atoms with Crippen LogP contribution < -0.4 is 10.4 Å². The van der Waals surface area contributed by atoms with Crippen molar-refractivity contribution in [1.29, 1.82) is 0 Å². The molecule has 5 nitrogen and oxygen atoms in total. The molecule has 0 aliphatic rings. The molecule has 0 bridgehead atoms. The van der Waals surface area contributed by atoms with Crippen molar-refractivity contribution >= 4 is 57.9 Å². The van der Waals surface area contributed by atoms with Gasteiger partial charge in [0.1, 0.15) is 0 Å². The number of halogens is 1. The Morgan fingerprint density at radius 3 is 1.46 bits per heavy atom. The van der Waals surface area contributed by atoms with Gasteiger partial charge < -0.3 is 22.8 Å². The fourth-order valence-corrected chi connectivity index (χ4v) is 19.0. The molecule has 0 aromatic heterocycles. The summed E-state index contributed by atoms with van der Waals surface area (Å²) in [5.74, 6) is 0. The van der Waals surface area contributed by atoms with E-state index in [-0.39, 0.29) is 39.7 Å². The first kappa shape index (κ1) is 47.5.